The van der Waals surface area contributed by atoms with E-state index in [0.29, 0.717) is 5.69 Å². The van der Waals surface area contributed by atoms with Gasteiger partial charge in [0.1, 0.15) is 0 Å². The number of halogens is 1. The zero-order valence-electron chi connectivity index (χ0n) is 16.5. The largest absolute Gasteiger partial charge is 0.372 e. The van der Waals surface area contributed by atoms with Crippen molar-refractivity contribution in [3.05, 3.63) is 53.1 Å². The Morgan fingerprint density at radius 1 is 1.07 bits per heavy atom. The molecule has 2 fully saturated rings. The zero-order chi connectivity index (χ0) is 21.5. The number of nitrogens with zero attached hydrogens (tertiary/aromatic N) is 2. The van der Waals surface area contributed by atoms with Crippen LogP contribution in [0.25, 0.3) is 0 Å². The lowest BCUT2D eigenvalue weighted by Gasteiger charge is -2.18. The van der Waals surface area contributed by atoms with Crippen molar-refractivity contribution in [2.24, 2.45) is 5.92 Å². The van der Waals surface area contributed by atoms with Crippen LogP contribution >= 0.6 is 11.6 Å². The molecule has 158 valence electrons. The third-order valence-electron chi connectivity index (χ3n) is 5.39. The second-order valence-corrected chi connectivity index (χ2v) is 9.91. The van der Waals surface area contributed by atoms with Crippen molar-refractivity contribution in [3.63, 3.8) is 0 Å². The van der Waals surface area contributed by atoms with Gasteiger partial charge in [0, 0.05) is 24.5 Å². The second-order valence-electron chi connectivity index (χ2n) is 7.64. The molecule has 1 N–H and O–H groups in total. The van der Waals surface area contributed by atoms with Gasteiger partial charge in [0.05, 0.1) is 27.9 Å². The number of nitrogens with one attached hydrogen (secondary N) is 1. The van der Waals surface area contributed by atoms with Crippen LogP contribution in [0.2, 0.25) is 5.02 Å². The van der Waals surface area contributed by atoms with E-state index in [1.807, 2.05) is 24.3 Å². The first-order chi connectivity index (χ1) is 14.3. The minimum absolute atomic E-state index is 0.0706. The van der Waals surface area contributed by atoms with E-state index in [-0.39, 0.29) is 22.0 Å². The fourth-order valence-corrected chi connectivity index (χ4v) is 5.90. The van der Waals surface area contributed by atoms with E-state index in [0.717, 1.165) is 23.1 Å². The Morgan fingerprint density at radius 2 is 1.70 bits per heavy atom. The summed E-state index contributed by atoms with van der Waals surface area (Å²) in [5.74, 6) is -1.76. The van der Waals surface area contributed by atoms with Crippen molar-refractivity contribution in [3.8, 4) is 0 Å². The Bertz CT molecular complexity index is 1100. The summed E-state index contributed by atoms with van der Waals surface area (Å²) in [6, 6.07) is 11.8. The highest BCUT2D eigenvalue weighted by molar-refractivity contribution is 7.94. The molecule has 7 nitrogen and oxygen atoms in total. The third kappa shape index (κ3) is 3.89. The van der Waals surface area contributed by atoms with Crippen molar-refractivity contribution in [1.29, 1.82) is 0 Å². The Labute approximate surface area is 180 Å². The van der Waals surface area contributed by atoms with Gasteiger partial charge < -0.3 is 10.2 Å². The normalized spacial score (nSPS) is 20.6. The van der Waals surface area contributed by atoms with E-state index >= 15 is 0 Å². The topological polar surface area (TPSA) is 86.8 Å². The molecule has 2 aliphatic rings. The maximum Gasteiger partial charge on any atom is 0.257 e. The number of rotatable bonds is 4. The molecule has 2 aromatic rings. The summed E-state index contributed by atoms with van der Waals surface area (Å²) in [6.45, 7) is 3.65. The highest BCUT2D eigenvalue weighted by atomic mass is 35.5. The molecule has 1 atom stereocenters. The van der Waals surface area contributed by atoms with Crippen molar-refractivity contribution in [1.82, 2.24) is 0 Å². The number of amides is 2. The van der Waals surface area contributed by atoms with Crippen LogP contribution in [0.15, 0.2) is 42.5 Å². The summed E-state index contributed by atoms with van der Waals surface area (Å²) in [5.41, 5.74) is 2.09. The average Bonchev–Trinajstić information content (AvgIpc) is 3.29. The molecule has 0 aromatic heterocycles. The molecule has 0 radical (unpaired) electrons. The van der Waals surface area contributed by atoms with Gasteiger partial charge in [-0.05, 0) is 55.3 Å². The minimum Gasteiger partial charge on any atom is -0.372 e. The molecule has 4 rings (SSSR count). The van der Waals surface area contributed by atoms with Crippen LogP contribution in [0, 0.1) is 5.92 Å². The number of carbonyl (C=O) groups excluding carboxylic acids is 2. The molecule has 2 saturated heterocycles. The fourth-order valence-electron chi connectivity index (χ4n) is 3.83. The highest BCUT2D eigenvalue weighted by Gasteiger charge is 2.42. The summed E-state index contributed by atoms with van der Waals surface area (Å²) >= 11 is 6.26. The SMILES string of the molecule is C[C@@H]1CS(=O)(=O)N(c2ccc(C(=O)Nc3ccc(N4CCCC4)cc3)c(Cl)c2)C1=O. The fraction of sp³-hybridized carbons (Fsp3) is 0.333. The average molecular weight is 448 g/mol. The Hall–Kier alpha value is -2.58. The van der Waals surface area contributed by atoms with Gasteiger partial charge in [0.15, 0.2) is 0 Å². The maximum absolute atomic E-state index is 12.6. The Kier molecular flexibility index (Phi) is 5.46. The summed E-state index contributed by atoms with van der Waals surface area (Å²) < 4.78 is 25.3. The van der Waals surface area contributed by atoms with Crippen LogP contribution in [-0.2, 0) is 14.8 Å². The van der Waals surface area contributed by atoms with Crippen LogP contribution in [-0.4, -0.2) is 39.1 Å². The number of hydrogen-bond donors (Lipinski definition) is 1. The van der Waals surface area contributed by atoms with E-state index in [1.54, 1.807) is 6.92 Å². The van der Waals surface area contributed by atoms with Gasteiger partial charge in [-0.2, -0.15) is 0 Å². The smallest absolute Gasteiger partial charge is 0.257 e. The molecule has 0 unspecified atom stereocenters. The quantitative estimate of drug-likeness (QED) is 0.775. The highest BCUT2D eigenvalue weighted by Crippen LogP contribution is 2.32. The van der Waals surface area contributed by atoms with E-state index in [9.17, 15) is 18.0 Å². The van der Waals surface area contributed by atoms with Gasteiger partial charge in [0.25, 0.3) is 5.91 Å². The number of hydrogen-bond acceptors (Lipinski definition) is 5. The molecule has 9 heteroatoms. The first kappa shape index (κ1) is 20.7. The third-order valence-corrected chi connectivity index (χ3v) is 7.57. The van der Waals surface area contributed by atoms with Gasteiger partial charge in [-0.1, -0.05) is 18.5 Å². The van der Waals surface area contributed by atoms with Crippen molar-refractivity contribution < 1.29 is 18.0 Å². The van der Waals surface area contributed by atoms with Gasteiger partial charge in [-0.3, -0.25) is 9.59 Å². The number of benzene rings is 2. The second kappa shape index (κ2) is 7.92. The van der Waals surface area contributed by atoms with Crippen LogP contribution in [0.1, 0.15) is 30.1 Å². The van der Waals surface area contributed by atoms with Crippen LogP contribution in [0.3, 0.4) is 0 Å². The number of carbonyl (C=O) groups is 2. The van der Waals surface area contributed by atoms with Gasteiger partial charge >= 0.3 is 0 Å². The van der Waals surface area contributed by atoms with Crippen molar-refractivity contribution in [2.45, 2.75) is 19.8 Å². The summed E-state index contributed by atoms with van der Waals surface area (Å²) in [6.07, 6.45) is 2.38. The molecule has 0 spiro atoms. The predicted octanol–water partition coefficient (Wildman–Crippen LogP) is 3.51. The number of sulfonamides is 1. The lowest BCUT2D eigenvalue weighted by molar-refractivity contribution is -0.119. The molecule has 2 heterocycles. The summed E-state index contributed by atoms with van der Waals surface area (Å²) in [7, 11) is -3.73. The van der Waals surface area contributed by atoms with Gasteiger partial charge in [-0.25, -0.2) is 12.7 Å². The molecular formula is C21H22ClN3O4S. The van der Waals surface area contributed by atoms with E-state index in [4.69, 9.17) is 11.6 Å². The first-order valence-electron chi connectivity index (χ1n) is 9.79. The lowest BCUT2D eigenvalue weighted by atomic mass is 10.1. The number of anilines is 3. The van der Waals surface area contributed by atoms with E-state index in [2.05, 4.69) is 10.2 Å². The molecule has 30 heavy (non-hydrogen) atoms. The van der Waals surface area contributed by atoms with Crippen molar-refractivity contribution in [2.75, 3.05) is 33.4 Å². The molecule has 0 bridgehead atoms. The van der Waals surface area contributed by atoms with Crippen molar-refractivity contribution >= 4 is 50.5 Å². The molecule has 2 aromatic carbocycles. The summed E-state index contributed by atoms with van der Waals surface area (Å²) in [5, 5.41) is 2.87. The first-order valence-corrected chi connectivity index (χ1v) is 11.8. The molecule has 0 aliphatic carbocycles. The predicted molar refractivity (Wildman–Crippen MR) is 118 cm³/mol. The Balaban J connectivity index is 1.50. The standard InChI is InChI=1S/C21H22ClN3O4S/c1-14-13-30(28,29)25(21(14)27)17-8-9-18(19(22)12-17)20(26)23-15-4-6-16(7-5-15)24-10-2-3-11-24/h4-9,12,14H,2-3,10-11,13H2,1H3,(H,23,26)/t14-/m1/s1. The molecule has 2 amide bonds. The summed E-state index contributed by atoms with van der Waals surface area (Å²) in [4.78, 5) is 27.2. The van der Waals surface area contributed by atoms with Crippen LogP contribution in [0.4, 0.5) is 17.1 Å². The van der Waals surface area contributed by atoms with Gasteiger partial charge in [0.2, 0.25) is 15.9 Å². The lowest BCUT2D eigenvalue weighted by Crippen LogP contribution is -2.30. The van der Waals surface area contributed by atoms with Crippen LogP contribution < -0.4 is 14.5 Å². The van der Waals surface area contributed by atoms with Crippen LogP contribution in [0.5, 0.6) is 0 Å². The monoisotopic (exact) mass is 447 g/mol. The molecule has 2 aliphatic heterocycles. The molecule has 0 saturated carbocycles. The minimum atomic E-state index is -3.73. The molecular weight excluding hydrogens is 426 g/mol. The van der Waals surface area contributed by atoms with E-state index in [1.165, 1.54) is 31.0 Å². The maximum atomic E-state index is 12.6. The Morgan fingerprint density at radius 3 is 2.27 bits per heavy atom. The zero-order valence-corrected chi connectivity index (χ0v) is 18.0. The van der Waals surface area contributed by atoms with Gasteiger partial charge in [-0.15, -0.1) is 0 Å². The van der Waals surface area contributed by atoms with E-state index < -0.39 is 27.8 Å².